The molecule has 3 aromatic rings. The van der Waals surface area contributed by atoms with Gasteiger partial charge in [0.25, 0.3) is 0 Å². The van der Waals surface area contributed by atoms with Gasteiger partial charge in [-0.1, -0.05) is 54.2 Å². The van der Waals surface area contributed by atoms with E-state index in [2.05, 4.69) is 29.3 Å². The van der Waals surface area contributed by atoms with Gasteiger partial charge in [0, 0.05) is 24.8 Å². The van der Waals surface area contributed by atoms with Crippen LogP contribution in [0.3, 0.4) is 0 Å². The van der Waals surface area contributed by atoms with Crippen LogP contribution in [0, 0.1) is 6.92 Å². The van der Waals surface area contributed by atoms with Crippen LogP contribution in [0.2, 0.25) is 0 Å². The van der Waals surface area contributed by atoms with Crippen LogP contribution in [-0.4, -0.2) is 32.5 Å². The van der Waals surface area contributed by atoms with Gasteiger partial charge >= 0.3 is 0 Å². The number of anilines is 1. The van der Waals surface area contributed by atoms with E-state index < -0.39 is 0 Å². The highest BCUT2D eigenvalue weighted by Gasteiger charge is 2.29. The van der Waals surface area contributed by atoms with Crippen molar-refractivity contribution in [2.75, 3.05) is 11.4 Å². The van der Waals surface area contributed by atoms with Crippen molar-refractivity contribution in [2.45, 2.75) is 30.7 Å². The van der Waals surface area contributed by atoms with Gasteiger partial charge < -0.3 is 9.47 Å². The summed E-state index contributed by atoms with van der Waals surface area (Å²) in [5.41, 5.74) is 4.49. The maximum Gasteiger partial charge on any atom is 0.240 e. The Labute approximate surface area is 163 Å². The number of fused-ring (bicyclic) bond motifs is 1. The van der Waals surface area contributed by atoms with Crippen molar-refractivity contribution in [2.24, 2.45) is 7.05 Å². The highest BCUT2D eigenvalue weighted by Crippen LogP contribution is 2.32. The third-order valence-electron chi connectivity index (χ3n) is 5.00. The summed E-state index contributed by atoms with van der Waals surface area (Å²) >= 11 is 1.46. The lowest BCUT2D eigenvalue weighted by molar-refractivity contribution is -0.117. The lowest BCUT2D eigenvalue weighted by Gasteiger charge is -2.21. The predicted octanol–water partition coefficient (Wildman–Crippen LogP) is 3.86. The maximum absolute atomic E-state index is 13.0. The average Bonchev–Trinajstić information content (AvgIpc) is 3.26. The van der Waals surface area contributed by atoms with Crippen molar-refractivity contribution in [3.05, 3.63) is 59.7 Å². The second-order valence-electron chi connectivity index (χ2n) is 6.81. The number of aryl methyl sites for hydroxylation is 1. The zero-order valence-corrected chi connectivity index (χ0v) is 16.5. The van der Waals surface area contributed by atoms with Gasteiger partial charge in [-0.15, -0.1) is 10.2 Å². The number of aromatic nitrogens is 3. The number of nitrogens with zero attached hydrogens (tertiary/aromatic N) is 4. The minimum Gasteiger partial charge on any atom is -0.311 e. The van der Waals surface area contributed by atoms with Gasteiger partial charge in [0.1, 0.15) is 0 Å². The third kappa shape index (κ3) is 3.25. The Bertz CT molecular complexity index is 997. The van der Waals surface area contributed by atoms with Gasteiger partial charge in [-0.25, -0.2) is 0 Å². The van der Waals surface area contributed by atoms with E-state index in [1.54, 1.807) is 0 Å². The summed E-state index contributed by atoms with van der Waals surface area (Å²) in [6.07, 6.45) is 0.917. The fourth-order valence-corrected chi connectivity index (χ4v) is 4.35. The van der Waals surface area contributed by atoms with Gasteiger partial charge in [-0.2, -0.15) is 0 Å². The Kier molecular flexibility index (Phi) is 4.74. The van der Waals surface area contributed by atoms with E-state index in [-0.39, 0.29) is 11.2 Å². The summed E-state index contributed by atoms with van der Waals surface area (Å²) in [5.74, 6) is 0.937. The molecule has 0 bridgehead atoms. The summed E-state index contributed by atoms with van der Waals surface area (Å²) in [5, 5.41) is 9.21. The fourth-order valence-electron chi connectivity index (χ4n) is 3.47. The second kappa shape index (κ2) is 7.19. The van der Waals surface area contributed by atoms with Crippen LogP contribution >= 0.6 is 11.8 Å². The van der Waals surface area contributed by atoms with Crippen LogP contribution in [0.1, 0.15) is 18.1 Å². The molecule has 138 valence electrons. The predicted molar refractivity (Wildman–Crippen MR) is 109 cm³/mol. The Morgan fingerprint density at radius 3 is 2.67 bits per heavy atom. The number of rotatable bonds is 4. The molecule has 0 spiro atoms. The Balaban J connectivity index is 1.53. The molecule has 1 aliphatic rings. The maximum atomic E-state index is 13.0. The van der Waals surface area contributed by atoms with E-state index in [1.807, 2.05) is 59.8 Å². The summed E-state index contributed by atoms with van der Waals surface area (Å²) in [7, 11) is 1.95. The molecule has 2 heterocycles. The monoisotopic (exact) mass is 378 g/mol. The molecule has 0 fully saturated rings. The Morgan fingerprint density at radius 2 is 1.85 bits per heavy atom. The standard InChI is InChI=1S/C21H22N4OS/c1-14-8-4-6-10-17(14)19-22-23-21(24(19)3)27-15(2)20(26)25-13-12-16-9-5-7-11-18(16)25/h4-11,15H,12-13H2,1-3H3/t15-/m0/s1. The molecule has 2 aromatic carbocycles. The van der Waals surface area contributed by atoms with Crippen LogP contribution in [0.4, 0.5) is 5.69 Å². The third-order valence-corrected chi connectivity index (χ3v) is 6.13. The quantitative estimate of drug-likeness (QED) is 0.647. The van der Waals surface area contributed by atoms with Crippen LogP contribution in [0.5, 0.6) is 0 Å². The first-order chi connectivity index (χ1) is 13.1. The highest BCUT2D eigenvalue weighted by atomic mass is 32.2. The Morgan fingerprint density at radius 1 is 1.11 bits per heavy atom. The Hall–Kier alpha value is -2.60. The SMILES string of the molecule is Cc1ccccc1-c1nnc(S[C@@H](C)C(=O)N2CCc3ccccc32)n1C. The highest BCUT2D eigenvalue weighted by molar-refractivity contribution is 8.00. The lowest BCUT2D eigenvalue weighted by Crippen LogP contribution is -2.35. The minimum atomic E-state index is -0.233. The van der Waals surface area contributed by atoms with Crippen LogP contribution in [0.25, 0.3) is 11.4 Å². The number of carbonyl (C=O) groups excluding carboxylic acids is 1. The van der Waals surface area contributed by atoms with E-state index in [1.165, 1.54) is 17.3 Å². The lowest BCUT2D eigenvalue weighted by atomic mass is 10.1. The summed E-state index contributed by atoms with van der Waals surface area (Å²) in [4.78, 5) is 14.9. The molecule has 0 aliphatic carbocycles. The first-order valence-electron chi connectivity index (χ1n) is 9.07. The van der Waals surface area contributed by atoms with Crippen molar-refractivity contribution in [3.63, 3.8) is 0 Å². The molecule has 0 radical (unpaired) electrons. The van der Waals surface area contributed by atoms with E-state index in [9.17, 15) is 4.79 Å². The molecular weight excluding hydrogens is 356 g/mol. The molecule has 5 nitrogen and oxygen atoms in total. The number of thioether (sulfide) groups is 1. The second-order valence-corrected chi connectivity index (χ2v) is 8.12. The molecule has 1 aromatic heterocycles. The number of hydrogen-bond acceptors (Lipinski definition) is 4. The number of amides is 1. The van der Waals surface area contributed by atoms with Crippen molar-refractivity contribution in [3.8, 4) is 11.4 Å². The molecule has 0 saturated heterocycles. The molecule has 1 atom stereocenters. The largest absolute Gasteiger partial charge is 0.311 e. The van der Waals surface area contributed by atoms with E-state index in [0.29, 0.717) is 0 Å². The van der Waals surface area contributed by atoms with Crippen LogP contribution in [0.15, 0.2) is 53.7 Å². The van der Waals surface area contributed by atoms with E-state index >= 15 is 0 Å². The van der Waals surface area contributed by atoms with Crippen molar-refractivity contribution >= 4 is 23.4 Å². The molecule has 1 amide bonds. The topological polar surface area (TPSA) is 51.0 Å². The summed E-state index contributed by atoms with van der Waals surface area (Å²) in [6, 6.07) is 16.3. The van der Waals surface area contributed by atoms with Gasteiger partial charge in [0.2, 0.25) is 5.91 Å². The van der Waals surface area contributed by atoms with Crippen molar-refractivity contribution in [1.82, 2.24) is 14.8 Å². The average molecular weight is 379 g/mol. The molecular formula is C21H22N4OS. The zero-order chi connectivity index (χ0) is 19.0. The molecule has 6 heteroatoms. The molecule has 0 unspecified atom stereocenters. The van der Waals surface area contributed by atoms with E-state index in [4.69, 9.17) is 0 Å². The first-order valence-corrected chi connectivity index (χ1v) is 9.95. The minimum absolute atomic E-state index is 0.116. The van der Waals surface area contributed by atoms with Gasteiger partial charge in [0.15, 0.2) is 11.0 Å². The molecule has 27 heavy (non-hydrogen) atoms. The van der Waals surface area contributed by atoms with Crippen molar-refractivity contribution in [1.29, 1.82) is 0 Å². The van der Waals surface area contributed by atoms with E-state index in [0.717, 1.165) is 40.8 Å². The smallest absolute Gasteiger partial charge is 0.240 e. The number of hydrogen-bond donors (Lipinski definition) is 0. The molecule has 4 rings (SSSR count). The van der Waals surface area contributed by atoms with Gasteiger partial charge in [-0.3, -0.25) is 4.79 Å². The fraction of sp³-hybridized carbons (Fsp3) is 0.286. The normalized spacial score (nSPS) is 14.3. The van der Waals surface area contributed by atoms with Crippen LogP contribution in [-0.2, 0) is 18.3 Å². The molecule has 1 aliphatic heterocycles. The molecule has 0 saturated carbocycles. The molecule has 0 N–H and O–H groups in total. The number of benzene rings is 2. The van der Waals surface area contributed by atoms with Crippen LogP contribution < -0.4 is 4.90 Å². The number of para-hydroxylation sites is 1. The zero-order valence-electron chi connectivity index (χ0n) is 15.7. The van der Waals surface area contributed by atoms with Gasteiger partial charge in [0.05, 0.1) is 5.25 Å². The van der Waals surface area contributed by atoms with Gasteiger partial charge in [-0.05, 0) is 37.5 Å². The summed E-state index contributed by atoms with van der Waals surface area (Å²) < 4.78 is 1.97. The first kappa shape index (κ1) is 17.8. The number of carbonyl (C=O) groups is 1. The van der Waals surface area contributed by atoms with Crippen molar-refractivity contribution < 1.29 is 4.79 Å². The summed E-state index contributed by atoms with van der Waals surface area (Å²) in [6.45, 7) is 4.75.